The summed E-state index contributed by atoms with van der Waals surface area (Å²) in [6.07, 6.45) is 0. The smallest absolute Gasteiger partial charge is 0.292 e. The van der Waals surface area contributed by atoms with Crippen molar-refractivity contribution in [2.24, 2.45) is 0 Å². The Balaban J connectivity index is 1.55. The molecule has 0 aliphatic heterocycles. The first-order chi connectivity index (χ1) is 12.7. The number of carbonyl (C=O) groups is 1. The van der Waals surface area contributed by atoms with Crippen LogP contribution in [0.4, 0.5) is 11.4 Å². The fourth-order valence-electron chi connectivity index (χ4n) is 2.13. The third-order valence-corrected chi connectivity index (χ3v) is 3.34. The number of nitrogens with one attached hydrogen (secondary N) is 2. The normalized spacial score (nSPS) is 10.2. The van der Waals surface area contributed by atoms with Gasteiger partial charge in [-0.1, -0.05) is 30.3 Å². The van der Waals surface area contributed by atoms with Crippen molar-refractivity contribution in [1.29, 1.82) is 0 Å². The van der Waals surface area contributed by atoms with Gasteiger partial charge in [-0.15, -0.1) is 0 Å². The Morgan fingerprint density at radius 1 is 1.00 bits per heavy atom. The maximum atomic E-state index is 11.6. The topological polar surface area (TPSA) is 103 Å². The number of hydrogen-bond donors (Lipinski definition) is 2. The number of carbonyl (C=O) groups excluding carboxylic acids is 1. The number of nitrogens with zero attached hydrogens (tertiary/aromatic N) is 1. The summed E-state index contributed by atoms with van der Waals surface area (Å²) in [5.41, 5.74) is 0.418. The van der Waals surface area contributed by atoms with E-state index < -0.39 is 4.92 Å². The number of anilines is 1. The molecule has 0 atom stereocenters. The molecule has 1 amide bonds. The predicted octanol–water partition coefficient (Wildman–Crippen LogP) is 2.22. The highest BCUT2D eigenvalue weighted by atomic mass is 16.6. The Bertz CT molecular complexity index is 709. The van der Waals surface area contributed by atoms with Gasteiger partial charge >= 0.3 is 0 Å². The predicted molar refractivity (Wildman–Crippen MR) is 97.4 cm³/mol. The van der Waals surface area contributed by atoms with E-state index in [9.17, 15) is 14.9 Å². The van der Waals surface area contributed by atoms with E-state index in [4.69, 9.17) is 9.47 Å². The van der Waals surface area contributed by atoms with Crippen molar-refractivity contribution in [2.45, 2.75) is 0 Å². The van der Waals surface area contributed by atoms with Crippen molar-refractivity contribution in [3.8, 4) is 5.75 Å². The average molecular weight is 359 g/mol. The summed E-state index contributed by atoms with van der Waals surface area (Å²) in [6, 6.07) is 15.7. The van der Waals surface area contributed by atoms with Gasteiger partial charge in [0.25, 0.3) is 5.69 Å². The SMILES string of the molecule is O=C(COCCOc1ccccc1)NCCNc1ccccc1[N+](=O)[O-]. The van der Waals surface area contributed by atoms with Crippen molar-refractivity contribution in [3.63, 3.8) is 0 Å². The second kappa shape index (κ2) is 10.7. The minimum atomic E-state index is -0.452. The lowest BCUT2D eigenvalue weighted by Gasteiger charge is -2.09. The molecule has 2 aromatic carbocycles. The highest BCUT2D eigenvalue weighted by Gasteiger charge is 2.11. The molecule has 0 aliphatic rings. The molecule has 0 bridgehead atoms. The summed E-state index contributed by atoms with van der Waals surface area (Å²) in [5, 5.41) is 16.5. The number of ether oxygens (including phenoxy) is 2. The number of nitro benzene ring substituents is 1. The molecule has 2 N–H and O–H groups in total. The van der Waals surface area contributed by atoms with Crippen LogP contribution in [0.2, 0.25) is 0 Å². The number of rotatable bonds is 11. The van der Waals surface area contributed by atoms with Crippen molar-refractivity contribution >= 4 is 17.3 Å². The maximum absolute atomic E-state index is 11.6. The molecule has 0 fully saturated rings. The fourth-order valence-corrected chi connectivity index (χ4v) is 2.13. The maximum Gasteiger partial charge on any atom is 0.292 e. The van der Waals surface area contributed by atoms with Gasteiger partial charge in [0.1, 0.15) is 24.7 Å². The van der Waals surface area contributed by atoms with Gasteiger partial charge in [0.05, 0.1) is 11.5 Å². The largest absolute Gasteiger partial charge is 0.491 e. The molecule has 0 aromatic heterocycles. The van der Waals surface area contributed by atoms with Gasteiger partial charge in [-0.05, 0) is 18.2 Å². The Hall–Kier alpha value is -3.13. The van der Waals surface area contributed by atoms with Gasteiger partial charge in [0, 0.05) is 19.2 Å². The molecule has 138 valence electrons. The minimum absolute atomic E-state index is 0.000533. The number of hydrogen-bond acceptors (Lipinski definition) is 6. The van der Waals surface area contributed by atoms with Gasteiger partial charge < -0.3 is 20.1 Å². The molecule has 0 radical (unpaired) electrons. The van der Waals surface area contributed by atoms with Gasteiger partial charge in [-0.3, -0.25) is 14.9 Å². The molecule has 0 aliphatic carbocycles. The summed E-state index contributed by atoms with van der Waals surface area (Å²) >= 11 is 0. The lowest BCUT2D eigenvalue weighted by molar-refractivity contribution is -0.384. The summed E-state index contributed by atoms with van der Waals surface area (Å²) in [5.74, 6) is 0.496. The third kappa shape index (κ3) is 6.78. The molecule has 0 heterocycles. The van der Waals surface area contributed by atoms with E-state index in [0.29, 0.717) is 32.0 Å². The van der Waals surface area contributed by atoms with Crippen LogP contribution in [0.3, 0.4) is 0 Å². The minimum Gasteiger partial charge on any atom is -0.491 e. The zero-order valence-corrected chi connectivity index (χ0v) is 14.2. The molecule has 0 saturated heterocycles. The Morgan fingerprint density at radius 2 is 1.73 bits per heavy atom. The van der Waals surface area contributed by atoms with Crippen molar-refractivity contribution in [1.82, 2.24) is 5.32 Å². The summed E-state index contributed by atoms with van der Waals surface area (Å²) in [7, 11) is 0. The molecule has 2 aromatic rings. The van der Waals surface area contributed by atoms with Crippen LogP contribution < -0.4 is 15.4 Å². The summed E-state index contributed by atoms with van der Waals surface area (Å²) in [6.45, 7) is 1.29. The van der Waals surface area contributed by atoms with Crippen LogP contribution in [0.5, 0.6) is 5.75 Å². The Labute approximate surface area is 151 Å². The molecule has 0 spiro atoms. The van der Waals surface area contributed by atoms with E-state index >= 15 is 0 Å². The Kier molecular flexibility index (Phi) is 7.88. The summed E-state index contributed by atoms with van der Waals surface area (Å²) in [4.78, 5) is 22.1. The first kappa shape index (κ1) is 19.2. The van der Waals surface area contributed by atoms with E-state index in [1.807, 2.05) is 30.3 Å². The number of para-hydroxylation sites is 3. The lowest BCUT2D eigenvalue weighted by Crippen LogP contribution is -2.32. The van der Waals surface area contributed by atoms with Gasteiger partial charge in [-0.2, -0.15) is 0 Å². The highest BCUT2D eigenvalue weighted by molar-refractivity contribution is 5.77. The van der Waals surface area contributed by atoms with Crippen LogP contribution in [-0.4, -0.2) is 43.7 Å². The van der Waals surface area contributed by atoms with Crippen LogP contribution in [0.1, 0.15) is 0 Å². The quantitative estimate of drug-likeness (QED) is 0.362. The van der Waals surface area contributed by atoms with Crippen LogP contribution in [0.15, 0.2) is 54.6 Å². The van der Waals surface area contributed by atoms with E-state index in [-0.39, 0.29) is 18.2 Å². The van der Waals surface area contributed by atoms with Crippen molar-refractivity contribution in [3.05, 3.63) is 64.7 Å². The molecule has 8 nitrogen and oxygen atoms in total. The van der Waals surface area contributed by atoms with Gasteiger partial charge in [0.15, 0.2) is 0 Å². The van der Waals surface area contributed by atoms with E-state index in [0.717, 1.165) is 5.75 Å². The van der Waals surface area contributed by atoms with Crippen LogP contribution in [0.25, 0.3) is 0 Å². The first-order valence-corrected chi connectivity index (χ1v) is 8.16. The fraction of sp³-hybridized carbons (Fsp3) is 0.278. The second-order valence-corrected chi connectivity index (χ2v) is 5.27. The number of amides is 1. The highest BCUT2D eigenvalue weighted by Crippen LogP contribution is 2.22. The van der Waals surface area contributed by atoms with Crippen molar-refractivity contribution < 1.29 is 19.2 Å². The third-order valence-electron chi connectivity index (χ3n) is 3.34. The zero-order valence-electron chi connectivity index (χ0n) is 14.2. The Morgan fingerprint density at radius 3 is 2.50 bits per heavy atom. The molecular weight excluding hydrogens is 338 g/mol. The van der Waals surface area contributed by atoms with Crippen LogP contribution in [-0.2, 0) is 9.53 Å². The molecule has 0 unspecified atom stereocenters. The van der Waals surface area contributed by atoms with Crippen LogP contribution in [0, 0.1) is 10.1 Å². The molecule has 0 saturated carbocycles. The summed E-state index contributed by atoms with van der Waals surface area (Å²) < 4.78 is 10.7. The standard InChI is InChI=1S/C18H21N3O5/c22-18(14-25-12-13-26-15-6-2-1-3-7-15)20-11-10-19-16-8-4-5-9-17(16)21(23)24/h1-9,19H,10-14H2,(H,20,22). The molecule has 8 heteroatoms. The van der Waals surface area contributed by atoms with E-state index in [1.54, 1.807) is 18.2 Å². The number of benzene rings is 2. The monoisotopic (exact) mass is 359 g/mol. The van der Waals surface area contributed by atoms with Gasteiger partial charge in [0.2, 0.25) is 5.91 Å². The molecule has 26 heavy (non-hydrogen) atoms. The molecular formula is C18H21N3O5. The zero-order chi connectivity index (χ0) is 18.6. The molecule has 2 rings (SSSR count). The van der Waals surface area contributed by atoms with E-state index in [2.05, 4.69) is 10.6 Å². The van der Waals surface area contributed by atoms with Crippen LogP contribution >= 0.6 is 0 Å². The van der Waals surface area contributed by atoms with Crippen molar-refractivity contribution in [2.75, 3.05) is 38.2 Å². The second-order valence-electron chi connectivity index (χ2n) is 5.27. The van der Waals surface area contributed by atoms with Gasteiger partial charge in [-0.25, -0.2) is 0 Å². The average Bonchev–Trinajstić information content (AvgIpc) is 2.66. The lowest BCUT2D eigenvalue weighted by atomic mass is 10.2. The van der Waals surface area contributed by atoms with E-state index in [1.165, 1.54) is 6.07 Å². The number of nitro groups is 1. The first-order valence-electron chi connectivity index (χ1n) is 8.16.